The molecule has 0 spiro atoms. The van der Waals surface area contributed by atoms with Crippen LogP contribution in [0.2, 0.25) is 5.02 Å². The van der Waals surface area contributed by atoms with E-state index in [0.29, 0.717) is 28.4 Å². The van der Waals surface area contributed by atoms with E-state index < -0.39 is 0 Å². The zero-order valence-electron chi connectivity index (χ0n) is 16.1. The number of benzene rings is 2. The molecule has 4 aromatic rings. The molecule has 0 aliphatic heterocycles. The quantitative estimate of drug-likeness (QED) is 0.395. The maximum atomic E-state index is 13.0. The first kappa shape index (κ1) is 20.2. The van der Waals surface area contributed by atoms with Crippen molar-refractivity contribution in [2.45, 2.75) is 19.5 Å². The number of H-pyrrole nitrogens is 2. The van der Waals surface area contributed by atoms with E-state index in [0.717, 1.165) is 16.5 Å². The summed E-state index contributed by atoms with van der Waals surface area (Å²) in [5, 5.41) is 4.30. The summed E-state index contributed by atoms with van der Waals surface area (Å²) in [4.78, 5) is 31.4. The summed E-state index contributed by atoms with van der Waals surface area (Å²) < 4.78 is 6.92. The smallest absolute Gasteiger partial charge is 0.278 e. The Bertz CT molecular complexity index is 1360. The molecule has 2 aromatic carbocycles. The number of aromatic amines is 2. The Hall–Kier alpha value is -3.10. The van der Waals surface area contributed by atoms with Crippen molar-refractivity contribution < 1.29 is 9.53 Å². The number of amides is 1. The van der Waals surface area contributed by atoms with Gasteiger partial charge in [0.05, 0.1) is 12.6 Å². The van der Waals surface area contributed by atoms with Crippen LogP contribution >= 0.6 is 23.8 Å². The molecule has 0 saturated heterocycles. The Labute approximate surface area is 181 Å². The third kappa shape index (κ3) is 3.96. The summed E-state index contributed by atoms with van der Waals surface area (Å²) in [6.45, 7) is 0.565. The maximum absolute atomic E-state index is 13.0. The number of carbonyl (C=O) groups excluding carboxylic acids is 1. The van der Waals surface area contributed by atoms with Crippen molar-refractivity contribution in [2.24, 2.45) is 0 Å². The number of fused-ring (bicyclic) bond motifs is 3. The van der Waals surface area contributed by atoms with Gasteiger partial charge in [-0.1, -0.05) is 23.7 Å². The molecule has 0 bridgehead atoms. The second-order valence-corrected chi connectivity index (χ2v) is 7.65. The van der Waals surface area contributed by atoms with Gasteiger partial charge in [-0.2, -0.15) is 0 Å². The lowest BCUT2D eigenvalue weighted by atomic mass is 10.2. The number of hydrogen-bond acceptors (Lipinski definition) is 4. The third-order valence-corrected chi connectivity index (χ3v) is 5.48. The highest BCUT2D eigenvalue weighted by atomic mass is 35.5. The second kappa shape index (κ2) is 8.33. The molecule has 9 heteroatoms. The molecule has 0 saturated carbocycles. The SMILES string of the molecule is COc1ccc2[nH]c3c(=O)n(CCC(=O)NCc4ccc(Cl)cc4)c(=S)[nH]c3c2c1. The highest BCUT2D eigenvalue weighted by Gasteiger charge is 2.13. The molecule has 2 heterocycles. The Morgan fingerprint density at radius 2 is 1.93 bits per heavy atom. The van der Waals surface area contributed by atoms with Crippen molar-refractivity contribution in [2.75, 3.05) is 7.11 Å². The second-order valence-electron chi connectivity index (χ2n) is 6.83. The van der Waals surface area contributed by atoms with Gasteiger partial charge in [-0.3, -0.25) is 14.2 Å². The molecule has 0 aliphatic carbocycles. The molecule has 3 N–H and O–H groups in total. The van der Waals surface area contributed by atoms with Crippen LogP contribution in [0, 0.1) is 4.77 Å². The van der Waals surface area contributed by atoms with E-state index in [1.165, 1.54) is 4.57 Å². The molecule has 7 nitrogen and oxygen atoms in total. The van der Waals surface area contributed by atoms with Crippen LogP contribution in [-0.4, -0.2) is 27.6 Å². The van der Waals surface area contributed by atoms with Crippen molar-refractivity contribution in [3.63, 3.8) is 0 Å². The summed E-state index contributed by atoms with van der Waals surface area (Å²) in [5.41, 5.74) is 2.51. The average Bonchev–Trinajstić information content (AvgIpc) is 3.11. The van der Waals surface area contributed by atoms with Crippen molar-refractivity contribution in [1.82, 2.24) is 19.9 Å². The minimum Gasteiger partial charge on any atom is -0.497 e. The summed E-state index contributed by atoms with van der Waals surface area (Å²) in [6.07, 6.45) is 0.129. The van der Waals surface area contributed by atoms with E-state index >= 15 is 0 Å². The minimum atomic E-state index is -0.269. The van der Waals surface area contributed by atoms with E-state index in [9.17, 15) is 9.59 Å². The van der Waals surface area contributed by atoms with Crippen molar-refractivity contribution >= 4 is 51.7 Å². The highest BCUT2D eigenvalue weighted by Crippen LogP contribution is 2.25. The van der Waals surface area contributed by atoms with E-state index in [4.69, 9.17) is 28.6 Å². The first-order valence-corrected chi connectivity index (χ1v) is 10.1. The van der Waals surface area contributed by atoms with E-state index in [-0.39, 0.29) is 29.2 Å². The monoisotopic (exact) mass is 442 g/mol. The number of ether oxygens (including phenoxy) is 1. The molecular weight excluding hydrogens is 424 g/mol. The van der Waals surface area contributed by atoms with Gasteiger partial charge in [0.1, 0.15) is 11.3 Å². The van der Waals surface area contributed by atoms with Crippen molar-refractivity contribution in [1.29, 1.82) is 0 Å². The molecule has 0 unspecified atom stereocenters. The number of nitrogens with zero attached hydrogens (tertiary/aromatic N) is 1. The molecule has 2 aromatic heterocycles. The zero-order valence-corrected chi connectivity index (χ0v) is 17.7. The fourth-order valence-electron chi connectivity index (χ4n) is 3.30. The van der Waals surface area contributed by atoms with E-state index in [1.807, 2.05) is 30.3 Å². The van der Waals surface area contributed by atoms with Gasteiger partial charge in [-0.05, 0) is 48.1 Å². The Morgan fingerprint density at radius 1 is 1.17 bits per heavy atom. The van der Waals surface area contributed by atoms with Gasteiger partial charge < -0.3 is 20.0 Å². The Balaban J connectivity index is 1.53. The number of nitrogens with one attached hydrogen (secondary N) is 3. The lowest BCUT2D eigenvalue weighted by molar-refractivity contribution is -0.121. The normalized spacial score (nSPS) is 11.1. The van der Waals surface area contributed by atoms with Gasteiger partial charge >= 0.3 is 0 Å². The van der Waals surface area contributed by atoms with Gasteiger partial charge in [0.15, 0.2) is 4.77 Å². The number of aromatic nitrogens is 3. The predicted octanol–water partition coefficient (Wildman–Crippen LogP) is 3.91. The summed E-state index contributed by atoms with van der Waals surface area (Å²) in [5.74, 6) is 0.511. The van der Waals surface area contributed by atoms with Crippen molar-refractivity contribution in [3.05, 3.63) is 68.2 Å². The predicted molar refractivity (Wildman–Crippen MR) is 120 cm³/mol. The lowest BCUT2D eigenvalue weighted by Crippen LogP contribution is -2.28. The first-order valence-electron chi connectivity index (χ1n) is 9.30. The molecule has 154 valence electrons. The van der Waals surface area contributed by atoms with Crippen LogP contribution in [0.5, 0.6) is 5.75 Å². The van der Waals surface area contributed by atoms with E-state index in [2.05, 4.69) is 15.3 Å². The van der Waals surface area contributed by atoms with Crippen LogP contribution in [0.15, 0.2) is 47.3 Å². The largest absolute Gasteiger partial charge is 0.497 e. The number of hydrogen-bond donors (Lipinski definition) is 3. The summed E-state index contributed by atoms with van der Waals surface area (Å²) >= 11 is 11.2. The van der Waals surface area contributed by atoms with Crippen LogP contribution in [0.3, 0.4) is 0 Å². The highest BCUT2D eigenvalue weighted by molar-refractivity contribution is 7.71. The summed E-state index contributed by atoms with van der Waals surface area (Å²) in [7, 11) is 1.59. The van der Waals surface area contributed by atoms with Crippen LogP contribution < -0.4 is 15.6 Å². The zero-order chi connectivity index (χ0) is 21.3. The fraction of sp³-hybridized carbons (Fsp3) is 0.190. The third-order valence-electron chi connectivity index (χ3n) is 4.91. The van der Waals surface area contributed by atoms with Gasteiger partial charge in [-0.25, -0.2) is 0 Å². The Kier molecular flexibility index (Phi) is 5.61. The van der Waals surface area contributed by atoms with Crippen LogP contribution in [0.1, 0.15) is 12.0 Å². The van der Waals surface area contributed by atoms with Crippen molar-refractivity contribution in [3.8, 4) is 5.75 Å². The van der Waals surface area contributed by atoms with Gasteiger partial charge in [0.25, 0.3) is 5.56 Å². The lowest BCUT2D eigenvalue weighted by Gasteiger charge is -2.08. The molecular formula is C21H19ClN4O3S. The topological polar surface area (TPSA) is 91.9 Å². The van der Waals surface area contributed by atoms with Gasteiger partial charge in [0.2, 0.25) is 5.91 Å². The number of rotatable bonds is 6. The molecule has 30 heavy (non-hydrogen) atoms. The van der Waals surface area contributed by atoms with Crippen LogP contribution in [0.25, 0.3) is 21.9 Å². The number of halogens is 1. The molecule has 1 amide bonds. The Morgan fingerprint density at radius 3 is 2.67 bits per heavy atom. The minimum absolute atomic E-state index is 0.129. The van der Waals surface area contributed by atoms with Gasteiger partial charge in [0, 0.05) is 35.4 Å². The molecule has 4 rings (SSSR count). The average molecular weight is 443 g/mol. The van der Waals surface area contributed by atoms with Crippen LogP contribution in [0.4, 0.5) is 0 Å². The number of methoxy groups -OCH3 is 1. The molecule has 0 fully saturated rings. The first-order chi connectivity index (χ1) is 14.5. The fourth-order valence-corrected chi connectivity index (χ4v) is 3.70. The maximum Gasteiger partial charge on any atom is 0.278 e. The standard InChI is InChI=1S/C21H19ClN4O3S/c1-29-14-6-7-16-15(10-14)18-19(24-16)20(28)26(21(30)25-18)9-8-17(27)23-11-12-2-4-13(22)5-3-12/h2-7,10,24H,8-9,11H2,1H3,(H,23,27)(H,25,30). The van der Waals surface area contributed by atoms with Gasteiger partial charge in [-0.15, -0.1) is 0 Å². The molecule has 0 atom stereocenters. The van der Waals surface area contributed by atoms with Crippen LogP contribution in [-0.2, 0) is 17.9 Å². The molecule has 0 radical (unpaired) electrons. The number of carbonyl (C=O) groups is 1. The summed E-state index contributed by atoms with van der Waals surface area (Å²) in [6, 6.07) is 12.7. The molecule has 0 aliphatic rings. The van der Waals surface area contributed by atoms with E-state index in [1.54, 1.807) is 19.2 Å².